The van der Waals surface area contributed by atoms with Crippen LogP contribution in [-0.4, -0.2) is 62.3 Å². The Hall–Kier alpha value is -4.48. The van der Waals surface area contributed by atoms with Gasteiger partial charge in [0.15, 0.2) is 0 Å². The zero-order valence-corrected chi connectivity index (χ0v) is 28.7. The number of aromatic amines is 1. The molecule has 0 spiro atoms. The van der Waals surface area contributed by atoms with E-state index in [2.05, 4.69) is 68.3 Å². The van der Waals surface area contributed by atoms with Gasteiger partial charge in [-0.3, -0.25) is 0 Å². The van der Waals surface area contributed by atoms with Gasteiger partial charge in [-0.25, -0.2) is 15.0 Å². The summed E-state index contributed by atoms with van der Waals surface area (Å²) in [4.78, 5) is 17.9. The van der Waals surface area contributed by atoms with E-state index in [1.807, 2.05) is 24.3 Å². The predicted molar refractivity (Wildman–Crippen MR) is 190 cm³/mol. The van der Waals surface area contributed by atoms with E-state index in [4.69, 9.17) is 25.8 Å². The molecule has 3 N–H and O–H groups in total. The number of aliphatic hydroxyl groups excluding tert-OH is 1. The van der Waals surface area contributed by atoms with Crippen molar-refractivity contribution < 1.29 is 19.3 Å². The van der Waals surface area contributed by atoms with Gasteiger partial charge in [-0.15, -0.1) is 0 Å². The van der Waals surface area contributed by atoms with Crippen molar-refractivity contribution in [3.05, 3.63) is 118 Å². The minimum Gasteiger partial charge on any atom is -0.493 e. The van der Waals surface area contributed by atoms with E-state index < -0.39 is 0 Å². The Bertz CT molecular complexity index is 1800. The van der Waals surface area contributed by atoms with E-state index >= 15 is 0 Å². The highest BCUT2D eigenvalue weighted by Gasteiger charge is 2.19. The largest absolute Gasteiger partial charge is 0.493 e. The molecule has 5 aromatic rings. The number of imidazole rings is 1. The van der Waals surface area contributed by atoms with Crippen LogP contribution in [0, 0.1) is 13.8 Å². The lowest BCUT2D eigenvalue weighted by molar-refractivity contribution is 0.173. The maximum absolute atomic E-state index is 9.78. The third-order valence-electron chi connectivity index (χ3n) is 8.81. The summed E-state index contributed by atoms with van der Waals surface area (Å²) < 4.78 is 18.8. The van der Waals surface area contributed by atoms with Crippen LogP contribution < -0.4 is 19.5 Å². The summed E-state index contributed by atoms with van der Waals surface area (Å²) in [6.45, 7) is 9.24. The number of benzene rings is 3. The molecule has 10 nitrogen and oxygen atoms in total. The highest BCUT2D eigenvalue weighted by Crippen LogP contribution is 2.36. The zero-order chi connectivity index (χ0) is 34.0. The Balaban J connectivity index is 1.13. The lowest BCUT2D eigenvalue weighted by atomic mass is 9.93. The molecule has 1 unspecified atom stereocenters. The fourth-order valence-electron chi connectivity index (χ4n) is 6.07. The molecule has 0 saturated carbocycles. The molecule has 0 bridgehead atoms. The molecule has 0 aliphatic carbocycles. The summed E-state index contributed by atoms with van der Waals surface area (Å²) >= 11 is 6.79. The number of hydrogen-bond donors (Lipinski definition) is 3. The van der Waals surface area contributed by atoms with Crippen molar-refractivity contribution in [2.24, 2.45) is 0 Å². The van der Waals surface area contributed by atoms with E-state index in [-0.39, 0.29) is 6.10 Å². The molecule has 3 heterocycles. The second kappa shape index (κ2) is 16.8. The first-order valence-electron chi connectivity index (χ1n) is 16.7. The third-order valence-corrected chi connectivity index (χ3v) is 9.11. The summed E-state index contributed by atoms with van der Waals surface area (Å²) in [6, 6.07) is 16.2. The fourth-order valence-corrected chi connectivity index (χ4v) is 6.31. The number of aromatic nitrogens is 4. The highest BCUT2D eigenvalue weighted by atomic mass is 35.5. The smallest absolute Gasteiger partial charge is 0.142 e. The Morgan fingerprint density at radius 1 is 0.918 bits per heavy atom. The average molecular weight is 683 g/mol. The van der Waals surface area contributed by atoms with Gasteiger partial charge in [-0.1, -0.05) is 41.9 Å². The molecule has 49 heavy (non-hydrogen) atoms. The monoisotopic (exact) mass is 682 g/mol. The van der Waals surface area contributed by atoms with Gasteiger partial charge in [0.2, 0.25) is 0 Å². The number of H-pyrrole nitrogens is 1. The third kappa shape index (κ3) is 9.16. The van der Waals surface area contributed by atoms with Crippen molar-refractivity contribution >= 4 is 11.6 Å². The Labute approximate surface area is 292 Å². The normalized spacial score (nSPS) is 14.7. The number of nitrogens with one attached hydrogen (secondary N) is 2. The van der Waals surface area contributed by atoms with Crippen LogP contribution in [0.25, 0.3) is 11.1 Å². The van der Waals surface area contributed by atoms with Gasteiger partial charge < -0.3 is 34.5 Å². The van der Waals surface area contributed by atoms with Gasteiger partial charge in [-0.2, -0.15) is 0 Å². The summed E-state index contributed by atoms with van der Waals surface area (Å²) in [6.07, 6.45) is 10.1. The predicted octanol–water partition coefficient (Wildman–Crippen LogP) is 6.42. The van der Waals surface area contributed by atoms with E-state index in [1.54, 1.807) is 24.8 Å². The summed E-state index contributed by atoms with van der Waals surface area (Å²) in [5, 5.41) is 13.7. The minimum absolute atomic E-state index is 0.194. The van der Waals surface area contributed by atoms with Crippen molar-refractivity contribution in [3.8, 4) is 28.4 Å². The van der Waals surface area contributed by atoms with Crippen LogP contribution in [0.4, 0.5) is 0 Å². The van der Waals surface area contributed by atoms with Gasteiger partial charge in [-0.05, 0) is 66.6 Å². The molecule has 2 aromatic heterocycles. The minimum atomic E-state index is -0.194. The van der Waals surface area contributed by atoms with Gasteiger partial charge in [0, 0.05) is 68.2 Å². The molecule has 11 heteroatoms. The van der Waals surface area contributed by atoms with E-state index in [0.717, 1.165) is 83.0 Å². The van der Waals surface area contributed by atoms with Crippen molar-refractivity contribution in [1.82, 2.24) is 30.2 Å². The Morgan fingerprint density at radius 3 is 2.49 bits per heavy atom. The van der Waals surface area contributed by atoms with Crippen molar-refractivity contribution in [2.45, 2.75) is 59.1 Å². The van der Waals surface area contributed by atoms with E-state index in [9.17, 15) is 5.11 Å². The van der Waals surface area contributed by atoms with Crippen LogP contribution in [0.3, 0.4) is 0 Å². The molecule has 6 rings (SSSR count). The fraction of sp³-hybridized carbons (Fsp3) is 0.342. The number of likely N-dealkylation sites (tertiary alicyclic amines) is 1. The summed E-state index contributed by atoms with van der Waals surface area (Å²) in [5.41, 5.74) is 7.30. The van der Waals surface area contributed by atoms with Crippen LogP contribution in [-0.2, 0) is 26.3 Å². The first-order valence-corrected chi connectivity index (χ1v) is 17.0. The number of halogens is 1. The maximum Gasteiger partial charge on any atom is 0.142 e. The van der Waals surface area contributed by atoms with Crippen LogP contribution in [0.5, 0.6) is 17.2 Å². The first-order chi connectivity index (χ1) is 23.9. The van der Waals surface area contributed by atoms with Gasteiger partial charge in [0.25, 0.3) is 0 Å². The first kappa shape index (κ1) is 34.4. The molecule has 1 aliphatic rings. The van der Waals surface area contributed by atoms with Crippen LogP contribution in [0.15, 0.2) is 79.6 Å². The number of rotatable bonds is 16. The molecular formula is C38H43ClN6O4. The van der Waals surface area contributed by atoms with Gasteiger partial charge >= 0.3 is 0 Å². The molecule has 0 amide bonds. The lowest BCUT2D eigenvalue weighted by Gasteiger charge is -2.18. The van der Waals surface area contributed by atoms with Crippen LogP contribution in [0.1, 0.15) is 46.5 Å². The highest BCUT2D eigenvalue weighted by molar-refractivity contribution is 6.32. The molecule has 0 radical (unpaired) electrons. The number of nitrogens with zero attached hydrogens (tertiary/aromatic N) is 4. The quantitative estimate of drug-likeness (QED) is 0.101. The van der Waals surface area contributed by atoms with Crippen molar-refractivity contribution in [2.75, 3.05) is 26.2 Å². The molecule has 3 aromatic carbocycles. The van der Waals surface area contributed by atoms with Crippen molar-refractivity contribution in [3.63, 3.8) is 0 Å². The summed E-state index contributed by atoms with van der Waals surface area (Å²) in [5.74, 6) is 2.93. The van der Waals surface area contributed by atoms with Gasteiger partial charge in [0.1, 0.15) is 42.6 Å². The topological polar surface area (TPSA) is 118 Å². The molecule has 1 atom stereocenters. The SMILES string of the molecule is Cc1c(COc2cc(OCc3cncnc3)c(CNCc3ncc[nH]3)cc2Cl)cccc1-c1cccc(OCCCN2CCC(O)C2)c1C. The number of ether oxygens (including phenoxy) is 3. The Morgan fingerprint density at radius 2 is 1.71 bits per heavy atom. The molecule has 1 aliphatic heterocycles. The summed E-state index contributed by atoms with van der Waals surface area (Å²) in [7, 11) is 0. The molecule has 256 valence electrons. The zero-order valence-electron chi connectivity index (χ0n) is 28.0. The lowest BCUT2D eigenvalue weighted by Crippen LogP contribution is -2.24. The maximum atomic E-state index is 9.78. The van der Waals surface area contributed by atoms with E-state index in [0.29, 0.717) is 49.4 Å². The van der Waals surface area contributed by atoms with E-state index in [1.165, 1.54) is 6.33 Å². The van der Waals surface area contributed by atoms with Crippen LogP contribution in [0.2, 0.25) is 5.02 Å². The number of β-amino-alcohol motifs (C(OH)–C–C–N with tert-alkyl or cyclic N) is 1. The van der Waals surface area contributed by atoms with Crippen molar-refractivity contribution in [1.29, 1.82) is 0 Å². The number of aliphatic hydroxyl groups is 1. The van der Waals surface area contributed by atoms with Gasteiger partial charge in [0.05, 0.1) is 24.3 Å². The standard InChI is InChI=1S/C38H43ClN6O4/c1-26-29(6-3-7-32(26)33-8-4-9-35(27(33)2)47-15-5-13-45-14-10-31(46)22-45)24-49-37-17-36(48-23-28-18-41-25-42-19-28)30(16-34(37)39)20-40-21-38-43-11-12-44-38/h3-4,6-9,11-12,16-19,25,31,40,46H,5,10,13-15,20-24H2,1-2H3,(H,43,44). The molecular weight excluding hydrogens is 640 g/mol. The Kier molecular flexibility index (Phi) is 11.8. The second-order valence-corrected chi connectivity index (χ2v) is 12.7. The molecule has 1 saturated heterocycles. The van der Waals surface area contributed by atoms with Crippen LogP contribution >= 0.6 is 11.6 Å². The second-order valence-electron chi connectivity index (χ2n) is 12.3. The average Bonchev–Trinajstić information content (AvgIpc) is 3.79. The molecule has 1 fully saturated rings. The number of hydrogen-bond acceptors (Lipinski definition) is 9.